The lowest BCUT2D eigenvalue weighted by molar-refractivity contribution is 0.450. The van der Waals surface area contributed by atoms with Crippen molar-refractivity contribution >= 4 is 32.3 Å². The molecule has 7 aromatic rings. The molecule has 0 radical (unpaired) electrons. The Kier molecular flexibility index (Phi) is 5.41. The van der Waals surface area contributed by atoms with Crippen molar-refractivity contribution in [1.82, 2.24) is 0 Å². The number of fused-ring (bicyclic) bond motifs is 4. The molecule has 0 heterocycles. The van der Waals surface area contributed by atoms with Crippen molar-refractivity contribution in [3.63, 3.8) is 0 Å². The van der Waals surface area contributed by atoms with Crippen LogP contribution in [0.3, 0.4) is 0 Å². The zero-order valence-electron chi connectivity index (χ0n) is 23.6. The molecule has 0 saturated carbocycles. The average Bonchev–Trinajstić information content (AvgIpc) is 3.30. The molecule has 0 bridgehead atoms. The normalized spacial score (nSPS) is 15.9. The van der Waals surface area contributed by atoms with E-state index in [0.29, 0.717) is 5.92 Å². The molecule has 0 aromatic heterocycles. The molecule has 0 spiro atoms. The van der Waals surface area contributed by atoms with E-state index in [4.69, 9.17) is 0 Å². The minimum absolute atomic E-state index is 0.0810. The molecule has 0 fully saturated rings. The van der Waals surface area contributed by atoms with Crippen LogP contribution in [0.25, 0.3) is 54.6 Å². The largest absolute Gasteiger partial charge is 0.0622 e. The fourth-order valence-electron chi connectivity index (χ4n) is 7.67. The first kappa shape index (κ1) is 24.1. The minimum atomic E-state index is 0.0810. The summed E-state index contributed by atoms with van der Waals surface area (Å²) >= 11 is 0. The quantitative estimate of drug-likeness (QED) is 0.202. The molecule has 1 atom stereocenters. The van der Waals surface area contributed by atoms with Gasteiger partial charge >= 0.3 is 0 Å². The Balaban J connectivity index is 1.42. The van der Waals surface area contributed by atoms with E-state index in [2.05, 4.69) is 153 Å². The summed E-state index contributed by atoms with van der Waals surface area (Å²) in [5.74, 6) is 0.438. The van der Waals surface area contributed by atoms with Gasteiger partial charge in [0.05, 0.1) is 0 Å². The summed E-state index contributed by atoms with van der Waals surface area (Å²) < 4.78 is 0. The molecule has 1 unspecified atom stereocenters. The molecule has 7 aromatic carbocycles. The second-order valence-electron chi connectivity index (χ2n) is 12.1. The third-order valence-electron chi connectivity index (χ3n) is 9.60. The van der Waals surface area contributed by atoms with Gasteiger partial charge in [-0.3, -0.25) is 0 Å². The molecular formula is C41H32. The van der Waals surface area contributed by atoms with Gasteiger partial charge in [-0.25, -0.2) is 0 Å². The first-order valence-corrected chi connectivity index (χ1v) is 14.7. The fraction of sp³-hybridized carbons (Fsp3) is 0.122. The second-order valence-corrected chi connectivity index (χ2v) is 12.1. The van der Waals surface area contributed by atoms with Crippen LogP contribution in [0, 0.1) is 0 Å². The van der Waals surface area contributed by atoms with Crippen LogP contribution in [0.15, 0.2) is 140 Å². The Morgan fingerprint density at radius 1 is 0.463 bits per heavy atom. The van der Waals surface area contributed by atoms with Crippen molar-refractivity contribution in [2.45, 2.75) is 31.6 Å². The maximum absolute atomic E-state index is 2.44. The van der Waals surface area contributed by atoms with E-state index in [0.717, 1.165) is 6.42 Å². The first-order chi connectivity index (χ1) is 20.1. The van der Waals surface area contributed by atoms with E-state index in [1.807, 2.05) is 0 Å². The Morgan fingerprint density at radius 2 is 0.976 bits per heavy atom. The predicted octanol–water partition coefficient (Wildman–Crippen LogP) is 11.1. The monoisotopic (exact) mass is 524 g/mol. The number of hydrogen-bond donors (Lipinski definition) is 0. The van der Waals surface area contributed by atoms with Crippen LogP contribution in [0.2, 0.25) is 0 Å². The Bertz CT molecular complexity index is 2040. The molecule has 196 valence electrons. The third-order valence-corrected chi connectivity index (χ3v) is 9.60. The highest BCUT2D eigenvalue weighted by atomic mass is 14.4. The summed E-state index contributed by atoms with van der Waals surface area (Å²) in [6.07, 6.45) is 1.09. The third kappa shape index (κ3) is 3.60. The van der Waals surface area contributed by atoms with Gasteiger partial charge < -0.3 is 0 Å². The average molecular weight is 525 g/mol. The van der Waals surface area contributed by atoms with Crippen molar-refractivity contribution in [2.24, 2.45) is 0 Å². The molecule has 0 aliphatic heterocycles. The Labute approximate surface area is 241 Å². The van der Waals surface area contributed by atoms with Crippen LogP contribution in [0.1, 0.15) is 36.5 Å². The van der Waals surface area contributed by atoms with Gasteiger partial charge in [0.1, 0.15) is 0 Å². The summed E-state index contributed by atoms with van der Waals surface area (Å²) in [6, 6.07) is 51.7. The van der Waals surface area contributed by atoms with Gasteiger partial charge in [0, 0.05) is 0 Å². The van der Waals surface area contributed by atoms with E-state index >= 15 is 0 Å². The van der Waals surface area contributed by atoms with Gasteiger partial charge in [0.15, 0.2) is 0 Å². The first-order valence-electron chi connectivity index (χ1n) is 14.7. The van der Waals surface area contributed by atoms with Crippen LogP contribution in [0.4, 0.5) is 0 Å². The summed E-state index contributed by atoms with van der Waals surface area (Å²) in [5.41, 5.74) is 9.73. The zero-order valence-corrected chi connectivity index (χ0v) is 23.6. The van der Waals surface area contributed by atoms with Gasteiger partial charge in [-0.15, -0.1) is 0 Å². The second kappa shape index (κ2) is 9.18. The van der Waals surface area contributed by atoms with E-state index in [1.54, 1.807) is 0 Å². The highest BCUT2D eigenvalue weighted by Gasteiger charge is 2.40. The molecule has 0 N–H and O–H groups in total. The molecule has 1 aliphatic carbocycles. The van der Waals surface area contributed by atoms with Gasteiger partial charge in [0.25, 0.3) is 0 Å². The SMILES string of the molecule is CC1(C)c2ccccc2CC1c1ccc(-c2c3ccccc3c(-c3ccccc3)c3ccccc23)c2ccccc12. The molecule has 8 rings (SSSR count). The van der Waals surface area contributed by atoms with Crippen LogP contribution in [0.5, 0.6) is 0 Å². The standard InChI is InChI=1S/C41H32/c1-41(2)37-23-13-6-16-28(37)26-38(41)31-24-25-36(30-18-8-7-17-29(30)31)40-34-21-11-9-19-32(34)39(27-14-4-3-5-15-27)33-20-10-12-22-35(33)40/h3-25,38H,26H2,1-2H3. The highest BCUT2D eigenvalue weighted by molar-refractivity contribution is 6.23. The van der Waals surface area contributed by atoms with E-state index < -0.39 is 0 Å². The van der Waals surface area contributed by atoms with Gasteiger partial charge in [-0.2, -0.15) is 0 Å². The van der Waals surface area contributed by atoms with Gasteiger partial charge in [-0.05, 0) is 89.0 Å². The molecule has 0 saturated heterocycles. The highest BCUT2D eigenvalue weighted by Crippen LogP contribution is 2.51. The topological polar surface area (TPSA) is 0 Å². The Morgan fingerprint density at radius 3 is 1.61 bits per heavy atom. The molecule has 0 nitrogen and oxygen atoms in total. The number of benzene rings is 7. The predicted molar refractivity (Wildman–Crippen MR) is 176 cm³/mol. The van der Waals surface area contributed by atoms with Crippen molar-refractivity contribution < 1.29 is 0 Å². The van der Waals surface area contributed by atoms with Crippen molar-refractivity contribution in [3.8, 4) is 22.3 Å². The van der Waals surface area contributed by atoms with Gasteiger partial charge in [-0.1, -0.05) is 153 Å². The Hall–Kier alpha value is -4.68. The summed E-state index contributed by atoms with van der Waals surface area (Å²) in [4.78, 5) is 0. The molecular weight excluding hydrogens is 492 g/mol. The summed E-state index contributed by atoms with van der Waals surface area (Å²) in [5, 5.41) is 7.91. The molecule has 1 aliphatic rings. The van der Waals surface area contributed by atoms with E-state index in [9.17, 15) is 0 Å². The lowest BCUT2D eigenvalue weighted by atomic mass is 9.73. The lowest BCUT2D eigenvalue weighted by Gasteiger charge is -2.30. The van der Waals surface area contributed by atoms with Crippen LogP contribution >= 0.6 is 0 Å². The molecule has 0 amide bonds. The van der Waals surface area contributed by atoms with Crippen molar-refractivity contribution in [1.29, 1.82) is 0 Å². The van der Waals surface area contributed by atoms with Crippen LogP contribution < -0.4 is 0 Å². The van der Waals surface area contributed by atoms with Crippen molar-refractivity contribution in [2.75, 3.05) is 0 Å². The maximum Gasteiger partial charge on any atom is -0.00201 e. The minimum Gasteiger partial charge on any atom is -0.0622 e. The van der Waals surface area contributed by atoms with Crippen LogP contribution in [-0.2, 0) is 11.8 Å². The van der Waals surface area contributed by atoms with Gasteiger partial charge in [0.2, 0.25) is 0 Å². The summed E-state index contributed by atoms with van der Waals surface area (Å²) in [6.45, 7) is 4.85. The van der Waals surface area contributed by atoms with Crippen molar-refractivity contribution in [3.05, 3.63) is 156 Å². The molecule has 41 heavy (non-hydrogen) atoms. The maximum atomic E-state index is 2.44. The number of rotatable bonds is 3. The smallest absolute Gasteiger partial charge is 0.00201 e. The van der Waals surface area contributed by atoms with Crippen LogP contribution in [-0.4, -0.2) is 0 Å². The zero-order chi connectivity index (χ0) is 27.6. The lowest BCUT2D eigenvalue weighted by Crippen LogP contribution is -2.22. The fourth-order valence-corrected chi connectivity index (χ4v) is 7.67. The summed E-state index contributed by atoms with van der Waals surface area (Å²) in [7, 11) is 0. The van der Waals surface area contributed by atoms with E-state index in [-0.39, 0.29) is 5.41 Å². The number of hydrogen-bond acceptors (Lipinski definition) is 0. The molecule has 0 heteroatoms. The van der Waals surface area contributed by atoms with E-state index in [1.165, 1.54) is 71.3 Å².